The molecule has 0 N–H and O–H groups in total. The zero-order chi connectivity index (χ0) is 10.7. The fourth-order valence-corrected chi connectivity index (χ4v) is 2.93. The van der Waals surface area contributed by atoms with Gasteiger partial charge in [0.1, 0.15) is 0 Å². The average Bonchev–Trinajstić information content (AvgIpc) is 2.61. The number of rotatable bonds is 2. The molecule has 0 bridgehead atoms. The summed E-state index contributed by atoms with van der Waals surface area (Å²) in [6.45, 7) is 3.08. The lowest BCUT2D eigenvalue weighted by Crippen LogP contribution is -2.16. The number of halogens is 1. The van der Waals surface area contributed by atoms with Gasteiger partial charge in [-0.1, -0.05) is 19.3 Å². The molecule has 0 saturated heterocycles. The third kappa shape index (κ3) is 2.36. The normalized spacial score (nSPS) is 27.6. The van der Waals surface area contributed by atoms with Gasteiger partial charge in [0, 0.05) is 29.7 Å². The van der Waals surface area contributed by atoms with Crippen molar-refractivity contribution in [2.75, 3.05) is 0 Å². The predicted octanol–water partition coefficient (Wildman–Crippen LogP) is 3.56. The molecule has 0 aliphatic heterocycles. The van der Waals surface area contributed by atoms with Gasteiger partial charge in [-0.2, -0.15) is 5.10 Å². The maximum atomic E-state index is 6.47. The highest BCUT2D eigenvalue weighted by atomic mass is 35.5. The van der Waals surface area contributed by atoms with Crippen molar-refractivity contribution < 1.29 is 0 Å². The Hall–Kier alpha value is -0.500. The number of aromatic nitrogens is 2. The summed E-state index contributed by atoms with van der Waals surface area (Å²) in [5, 5.41) is 4.63. The molecular weight excluding hydrogens is 208 g/mol. The Kier molecular flexibility index (Phi) is 3.68. The average molecular weight is 227 g/mol. The Morgan fingerprint density at radius 3 is 3.00 bits per heavy atom. The second-order valence-electron chi connectivity index (χ2n) is 4.33. The van der Waals surface area contributed by atoms with Crippen molar-refractivity contribution in [2.45, 2.75) is 56.9 Å². The predicted molar refractivity (Wildman–Crippen MR) is 63.4 cm³/mol. The fraction of sp³-hybridized carbons (Fsp3) is 0.750. The van der Waals surface area contributed by atoms with Gasteiger partial charge in [0.2, 0.25) is 0 Å². The van der Waals surface area contributed by atoms with Crippen molar-refractivity contribution in [3.05, 3.63) is 18.0 Å². The minimum atomic E-state index is 0.300. The van der Waals surface area contributed by atoms with Gasteiger partial charge >= 0.3 is 0 Å². The van der Waals surface area contributed by atoms with Crippen LogP contribution in [0.4, 0.5) is 0 Å². The summed E-state index contributed by atoms with van der Waals surface area (Å²) in [6, 6.07) is 2.13. The summed E-state index contributed by atoms with van der Waals surface area (Å²) >= 11 is 6.47. The summed E-state index contributed by atoms with van der Waals surface area (Å²) in [5.41, 5.74) is 1.33. The van der Waals surface area contributed by atoms with Crippen molar-refractivity contribution >= 4 is 11.6 Å². The van der Waals surface area contributed by atoms with Crippen molar-refractivity contribution in [1.82, 2.24) is 9.78 Å². The third-order valence-corrected chi connectivity index (χ3v) is 3.88. The molecule has 84 valence electrons. The molecule has 15 heavy (non-hydrogen) atoms. The molecule has 0 amide bonds. The number of hydrogen-bond acceptors (Lipinski definition) is 1. The SMILES string of the molecule is CCn1nccc1C1CCCCCC1Cl. The molecule has 1 saturated carbocycles. The smallest absolute Gasteiger partial charge is 0.0492 e. The van der Waals surface area contributed by atoms with Gasteiger partial charge in [0.05, 0.1) is 0 Å². The Bertz CT molecular complexity index is 308. The molecule has 3 heteroatoms. The van der Waals surface area contributed by atoms with E-state index in [9.17, 15) is 0 Å². The highest BCUT2D eigenvalue weighted by Crippen LogP contribution is 2.35. The van der Waals surface area contributed by atoms with Gasteiger partial charge in [0.25, 0.3) is 0 Å². The maximum absolute atomic E-state index is 6.47. The number of hydrogen-bond donors (Lipinski definition) is 0. The molecule has 0 spiro atoms. The van der Waals surface area contributed by atoms with Crippen LogP contribution < -0.4 is 0 Å². The van der Waals surface area contributed by atoms with E-state index in [4.69, 9.17) is 11.6 Å². The van der Waals surface area contributed by atoms with Crippen LogP contribution in [-0.2, 0) is 6.54 Å². The molecule has 2 unspecified atom stereocenters. The maximum Gasteiger partial charge on any atom is 0.0492 e. The van der Waals surface area contributed by atoms with Crippen molar-refractivity contribution in [3.63, 3.8) is 0 Å². The molecule has 2 nitrogen and oxygen atoms in total. The van der Waals surface area contributed by atoms with E-state index in [0.29, 0.717) is 11.3 Å². The van der Waals surface area contributed by atoms with Gasteiger partial charge in [0.15, 0.2) is 0 Å². The highest BCUT2D eigenvalue weighted by molar-refractivity contribution is 6.21. The van der Waals surface area contributed by atoms with Crippen LogP contribution in [0.5, 0.6) is 0 Å². The third-order valence-electron chi connectivity index (χ3n) is 3.36. The zero-order valence-electron chi connectivity index (χ0n) is 9.32. The van der Waals surface area contributed by atoms with Crippen LogP contribution in [0.2, 0.25) is 0 Å². The van der Waals surface area contributed by atoms with Gasteiger partial charge < -0.3 is 0 Å². The topological polar surface area (TPSA) is 17.8 Å². The lowest BCUT2D eigenvalue weighted by molar-refractivity contribution is 0.522. The zero-order valence-corrected chi connectivity index (χ0v) is 10.1. The lowest BCUT2D eigenvalue weighted by atomic mass is 9.96. The summed E-state index contributed by atoms with van der Waals surface area (Å²) in [6.07, 6.45) is 8.20. The van der Waals surface area contributed by atoms with Crippen molar-refractivity contribution in [2.24, 2.45) is 0 Å². The van der Waals surface area contributed by atoms with Crippen LogP contribution in [0.15, 0.2) is 12.3 Å². The van der Waals surface area contributed by atoms with E-state index in [1.54, 1.807) is 0 Å². The van der Waals surface area contributed by atoms with E-state index in [2.05, 4.69) is 22.8 Å². The van der Waals surface area contributed by atoms with Crippen LogP contribution in [0, 0.1) is 0 Å². The molecule has 1 aromatic rings. The van der Waals surface area contributed by atoms with Crippen LogP contribution in [0.25, 0.3) is 0 Å². The van der Waals surface area contributed by atoms with Crippen LogP contribution >= 0.6 is 11.6 Å². The highest BCUT2D eigenvalue weighted by Gasteiger charge is 2.25. The van der Waals surface area contributed by atoms with E-state index in [0.717, 1.165) is 13.0 Å². The molecule has 1 aliphatic rings. The molecular formula is C12H19ClN2. The van der Waals surface area contributed by atoms with Gasteiger partial charge in [-0.3, -0.25) is 4.68 Å². The number of nitrogens with zero attached hydrogens (tertiary/aromatic N) is 2. The van der Waals surface area contributed by atoms with Crippen molar-refractivity contribution in [1.29, 1.82) is 0 Å². The quantitative estimate of drug-likeness (QED) is 0.557. The van der Waals surface area contributed by atoms with E-state index in [-0.39, 0.29) is 0 Å². The minimum absolute atomic E-state index is 0.300. The van der Waals surface area contributed by atoms with Crippen LogP contribution in [-0.4, -0.2) is 15.2 Å². The number of aryl methyl sites for hydroxylation is 1. The van der Waals surface area contributed by atoms with Gasteiger partial charge in [-0.25, -0.2) is 0 Å². The Morgan fingerprint density at radius 1 is 1.40 bits per heavy atom. The molecule has 1 fully saturated rings. The van der Waals surface area contributed by atoms with E-state index >= 15 is 0 Å². The molecule has 1 heterocycles. The first kappa shape index (κ1) is 11.0. The van der Waals surface area contributed by atoms with E-state index in [1.165, 1.54) is 31.4 Å². The second-order valence-corrected chi connectivity index (χ2v) is 4.89. The second kappa shape index (κ2) is 5.02. The van der Waals surface area contributed by atoms with Gasteiger partial charge in [-0.15, -0.1) is 11.6 Å². The summed E-state index contributed by atoms with van der Waals surface area (Å²) in [5.74, 6) is 0.511. The van der Waals surface area contributed by atoms with E-state index in [1.807, 2.05) is 6.20 Å². The molecule has 2 rings (SSSR count). The first-order valence-corrected chi connectivity index (χ1v) is 6.42. The minimum Gasteiger partial charge on any atom is -0.270 e. The lowest BCUT2D eigenvalue weighted by Gasteiger charge is -2.20. The largest absolute Gasteiger partial charge is 0.270 e. The fourth-order valence-electron chi connectivity index (χ4n) is 2.52. The van der Waals surface area contributed by atoms with Gasteiger partial charge in [-0.05, 0) is 25.8 Å². The van der Waals surface area contributed by atoms with E-state index < -0.39 is 0 Å². The Labute approximate surface area is 96.6 Å². The summed E-state index contributed by atoms with van der Waals surface area (Å²) in [4.78, 5) is 0. The van der Waals surface area contributed by atoms with Crippen LogP contribution in [0.3, 0.4) is 0 Å². The van der Waals surface area contributed by atoms with Crippen molar-refractivity contribution in [3.8, 4) is 0 Å². The summed E-state index contributed by atoms with van der Waals surface area (Å²) in [7, 11) is 0. The molecule has 1 aromatic heterocycles. The molecule has 1 aliphatic carbocycles. The molecule has 0 radical (unpaired) electrons. The molecule has 0 aromatic carbocycles. The first-order chi connectivity index (χ1) is 7.33. The Balaban J connectivity index is 2.19. The number of alkyl halides is 1. The monoisotopic (exact) mass is 226 g/mol. The standard InChI is InChI=1S/C12H19ClN2/c1-2-15-12(8-9-14-15)10-6-4-3-5-7-11(10)13/h8-11H,2-7H2,1H3. The molecule has 2 atom stereocenters. The summed E-state index contributed by atoms with van der Waals surface area (Å²) < 4.78 is 2.09. The Morgan fingerprint density at radius 2 is 2.20 bits per heavy atom. The van der Waals surface area contributed by atoms with Crippen LogP contribution in [0.1, 0.15) is 50.6 Å². The first-order valence-electron chi connectivity index (χ1n) is 5.98.